The van der Waals surface area contributed by atoms with Crippen molar-refractivity contribution in [3.05, 3.63) is 82.5 Å². The van der Waals surface area contributed by atoms with Gasteiger partial charge in [-0.05, 0) is 43.3 Å². The summed E-state index contributed by atoms with van der Waals surface area (Å²) < 4.78 is 6.02. The molecule has 4 rings (SSSR count). The number of aromatic nitrogens is 1. The molecule has 3 aromatic rings. The first-order chi connectivity index (χ1) is 14.4. The number of primary amides is 1. The number of nitrogens with zero attached hydrogens (tertiary/aromatic N) is 2. The van der Waals surface area contributed by atoms with Crippen molar-refractivity contribution >= 4 is 29.1 Å². The first kappa shape index (κ1) is 19.9. The highest BCUT2D eigenvalue weighted by Gasteiger charge is 2.33. The minimum atomic E-state index is -0.529. The van der Waals surface area contributed by atoms with Crippen molar-refractivity contribution in [1.82, 2.24) is 4.98 Å². The molecule has 2 N–H and O–H groups in total. The van der Waals surface area contributed by atoms with E-state index in [0.29, 0.717) is 40.9 Å². The van der Waals surface area contributed by atoms with E-state index in [1.165, 1.54) is 0 Å². The van der Waals surface area contributed by atoms with Crippen LogP contribution >= 0.6 is 11.6 Å². The Kier molecular flexibility index (Phi) is 5.42. The molecule has 2 heterocycles. The molecular formula is C23H20ClN3O3. The second-order valence-corrected chi connectivity index (χ2v) is 7.66. The molecule has 0 bridgehead atoms. The lowest BCUT2D eigenvalue weighted by atomic mass is 9.97. The quantitative estimate of drug-likeness (QED) is 0.659. The Morgan fingerprint density at radius 2 is 1.97 bits per heavy atom. The summed E-state index contributed by atoms with van der Waals surface area (Å²) in [5.74, 6) is 0.391. The largest absolute Gasteiger partial charge is 0.439 e. The molecule has 2 amide bonds. The molecule has 7 heteroatoms. The van der Waals surface area contributed by atoms with Gasteiger partial charge in [0, 0.05) is 52.5 Å². The number of benzene rings is 2. The Labute approximate surface area is 179 Å². The van der Waals surface area contributed by atoms with Crippen LogP contribution in [0.1, 0.15) is 34.0 Å². The van der Waals surface area contributed by atoms with Crippen LogP contribution in [0.3, 0.4) is 0 Å². The smallest absolute Gasteiger partial charge is 0.248 e. The van der Waals surface area contributed by atoms with E-state index in [0.717, 1.165) is 11.3 Å². The zero-order valence-corrected chi connectivity index (χ0v) is 17.1. The van der Waals surface area contributed by atoms with Gasteiger partial charge >= 0.3 is 0 Å². The summed E-state index contributed by atoms with van der Waals surface area (Å²) in [6.45, 7) is 2.35. The van der Waals surface area contributed by atoms with Gasteiger partial charge in [0.15, 0.2) is 0 Å². The fourth-order valence-electron chi connectivity index (χ4n) is 3.61. The number of rotatable bonds is 5. The molecule has 30 heavy (non-hydrogen) atoms. The molecule has 1 fully saturated rings. The fraction of sp³-hybridized carbons (Fsp3) is 0.174. The molecule has 0 spiro atoms. The minimum absolute atomic E-state index is 0.0313. The summed E-state index contributed by atoms with van der Waals surface area (Å²) in [7, 11) is 0. The maximum atomic E-state index is 12.8. The van der Waals surface area contributed by atoms with Crippen molar-refractivity contribution in [2.45, 2.75) is 19.3 Å². The van der Waals surface area contributed by atoms with Gasteiger partial charge in [-0.1, -0.05) is 29.8 Å². The molecule has 1 saturated heterocycles. The van der Waals surface area contributed by atoms with Crippen molar-refractivity contribution in [1.29, 1.82) is 0 Å². The number of carbonyl (C=O) groups is 2. The van der Waals surface area contributed by atoms with Gasteiger partial charge in [-0.15, -0.1) is 0 Å². The molecule has 2 aromatic carbocycles. The van der Waals surface area contributed by atoms with Crippen molar-refractivity contribution < 1.29 is 14.3 Å². The van der Waals surface area contributed by atoms with Crippen LogP contribution in [0.15, 0.2) is 60.7 Å². The van der Waals surface area contributed by atoms with Crippen LogP contribution in [0.25, 0.3) is 0 Å². The molecule has 1 aliphatic heterocycles. The highest BCUT2D eigenvalue weighted by Crippen LogP contribution is 2.39. The number of amides is 2. The molecule has 0 aliphatic carbocycles. The summed E-state index contributed by atoms with van der Waals surface area (Å²) in [6, 6.07) is 17.7. The average Bonchev–Trinajstić information content (AvgIpc) is 3.09. The average molecular weight is 422 g/mol. The molecular weight excluding hydrogens is 402 g/mol. The Bertz CT molecular complexity index is 1130. The van der Waals surface area contributed by atoms with E-state index in [1.807, 2.05) is 25.1 Å². The molecule has 152 valence electrons. The molecule has 0 radical (unpaired) electrons. The van der Waals surface area contributed by atoms with E-state index in [1.54, 1.807) is 47.4 Å². The SMILES string of the molecule is Cc1cccc(Oc2cc(Cl)ccc2C2CC(=O)N(c3cccc(C(N)=O)c3)C2)n1. The third-order valence-corrected chi connectivity index (χ3v) is 5.30. The lowest BCUT2D eigenvalue weighted by Crippen LogP contribution is -2.24. The first-order valence-corrected chi connectivity index (χ1v) is 9.89. The van der Waals surface area contributed by atoms with Crippen LogP contribution in [0.2, 0.25) is 5.02 Å². The summed E-state index contributed by atoms with van der Waals surface area (Å²) in [5, 5.41) is 0.539. The number of nitrogens with two attached hydrogens (primary N) is 1. The Balaban J connectivity index is 1.63. The number of pyridine rings is 1. The normalized spacial score (nSPS) is 16.0. The van der Waals surface area contributed by atoms with Crippen molar-refractivity contribution in [2.24, 2.45) is 5.73 Å². The number of hydrogen-bond acceptors (Lipinski definition) is 4. The van der Waals surface area contributed by atoms with E-state index in [9.17, 15) is 9.59 Å². The number of anilines is 1. The summed E-state index contributed by atoms with van der Waals surface area (Å²) in [4.78, 5) is 30.3. The van der Waals surface area contributed by atoms with E-state index >= 15 is 0 Å². The monoisotopic (exact) mass is 421 g/mol. The van der Waals surface area contributed by atoms with Gasteiger partial charge in [-0.25, -0.2) is 4.98 Å². The number of halogens is 1. The molecule has 0 saturated carbocycles. The fourth-order valence-corrected chi connectivity index (χ4v) is 3.78. The van der Waals surface area contributed by atoms with E-state index in [-0.39, 0.29) is 11.8 Å². The third-order valence-electron chi connectivity index (χ3n) is 5.06. The van der Waals surface area contributed by atoms with Crippen LogP contribution in [-0.4, -0.2) is 23.3 Å². The van der Waals surface area contributed by atoms with Crippen LogP contribution in [0.5, 0.6) is 11.6 Å². The first-order valence-electron chi connectivity index (χ1n) is 9.52. The zero-order chi connectivity index (χ0) is 21.3. The van der Waals surface area contributed by atoms with Gasteiger partial charge in [0.25, 0.3) is 0 Å². The predicted molar refractivity (Wildman–Crippen MR) is 115 cm³/mol. The van der Waals surface area contributed by atoms with Crippen molar-refractivity contribution in [3.63, 3.8) is 0 Å². The Morgan fingerprint density at radius 3 is 2.73 bits per heavy atom. The van der Waals surface area contributed by atoms with Gasteiger partial charge < -0.3 is 15.4 Å². The second kappa shape index (κ2) is 8.16. The highest BCUT2D eigenvalue weighted by atomic mass is 35.5. The summed E-state index contributed by atoms with van der Waals surface area (Å²) in [6.07, 6.45) is 0.319. The molecule has 1 unspecified atom stereocenters. The topological polar surface area (TPSA) is 85.5 Å². The van der Waals surface area contributed by atoms with Gasteiger partial charge in [0.2, 0.25) is 17.7 Å². The Hall–Kier alpha value is -3.38. The lowest BCUT2D eigenvalue weighted by Gasteiger charge is -2.19. The van der Waals surface area contributed by atoms with Gasteiger partial charge in [-0.3, -0.25) is 9.59 Å². The molecule has 1 aliphatic rings. The number of carbonyl (C=O) groups excluding carboxylic acids is 2. The number of aryl methyl sites for hydroxylation is 1. The van der Waals surface area contributed by atoms with Gasteiger partial charge in [-0.2, -0.15) is 0 Å². The van der Waals surface area contributed by atoms with Crippen LogP contribution < -0.4 is 15.4 Å². The second-order valence-electron chi connectivity index (χ2n) is 7.22. The summed E-state index contributed by atoms with van der Waals surface area (Å²) >= 11 is 6.20. The van der Waals surface area contributed by atoms with E-state index in [4.69, 9.17) is 22.1 Å². The van der Waals surface area contributed by atoms with Crippen LogP contribution in [0, 0.1) is 6.92 Å². The van der Waals surface area contributed by atoms with Gasteiger partial charge in [0.1, 0.15) is 5.75 Å². The van der Waals surface area contributed by atoms with Crippen molar-refractivity contribution in [2.75, 3.05) is 11.4 Å². The van der Waals surface area contributed by atoms with Crippen LogP contribution in [-0.2, 0) is 4.79 Å². The Morgan fingerprint density at radius 1 is 1.17 bits per heavy atom. The third kappa shape index (κ3) is 4.14. The van der Waals surface area contributed by atoms with Crippen LogP contribution in [0.4, 0.5) is 5.69 Å². The van der Waals surface area contributed by atoms with Crippen molar-refractivity contribution in [3.8, 4) is 11.6 Å². The lowest BCUT2D eigenvalue weighted by molar-refractivity contribution is -0.117. The minimum Gasteiger partial charge on any atom is -0.439 e. The summed E-state index contributed by atoms with van der Waals surface area (Å²) in [5.41, 5.74) is 8.11. The number of hydrogen-bond donors (Lipinski definition) is 1. The number of ether oxygens (including phenoxy) is 1. The maximum absolute atomic E-state index is 12.8. The van der Waals surface area contributed by atoms with E-state index in [2.05, 4.69) is 4.98 Å². The molecule has 1 atom stereocenters. The van der Waals surface area contributed by atoms with E-state index < -0.39 is 5.91 Å². The molecule has 1 aromatic heterocycles. The highest BCUT2D eigenvalue weighted by molar-refractivity contribution is 6.30. The standard InChI is InChI=1S/C23H20ClN3O3/c1-14-4-2-7-21(26-14)30-20-12-17(24)8-9-19(20)16-11-22(28)27(13-16)18-6-3-5-15(10-18)23(25)29/h2-10,12,16H,11,13H2,1H3,(H2,25,29). The van der Waals surface area contributed by atoms with Gasteiger partial charge in [0.05, 0.1) is 0 Å². The maximum Gasteiger partial charge on any atom is 0.248 e. The zero-order valence-electron chi connectivity index (χ0n) is 16.3. The molecule has 6 nitrogen and oxygen atoms in total. The predicted octanol–water partition coefficient (Wildman–Crippen LogP) is 4.46.